The van der Waals surface area contributed by atoms with Crippen LogP contribution in [-0.2, 0) is 11.3 Å². The molecule has 1 aromatic rings. The Labute approximate surface area is 168 Å². The first-order valence-electron chi connectivity index (χ1n) is 8.92. The van der Waals surface area contributed by atoms with E-state index in [9.17, 15) is 9.90 Å². The Morgan fingerprint density at radius 2 is 1.65 bits per heavy atom. The van der Waals surface area contributed by atoms with Gasteiger partial charge in [-0.15, -0.1) is 24.8 Å². The number of amides is 1. The Morgan fingerprint density at radius 1 is 1.00 bits per heavy atom. The summed E-state index contributed by atoms with van der Waals surface area (Å²) in [6, 6.07) is 7.48. The SMILES string of the molecule is Cl.Cl.O=C(CCN1CCN(Cc2cccc(O)c2)CC1)N1CCNCC1. The highest BCUT2D eigenvalue weighted by Crippen LogP contribution is 2.14. The summed E-state index contributed by atoms with van der Waals surface area (Å²) in [7, 11) is 0. The van der Waals surface area contributed by atoms with E-state index in [0.717, 1.165) is 71.0 Å². The van der Waals surface area contributed by atoms with Gasteiger partial charge in [0.1, 0.15) is 5.75 Å². The van der Waals surface area contributed by atoms with Crippen LogP contribution in [0.25, 0.3) is 0 Å². The fraction of sp³-hybridized carbons (Fsp3) is 0.611. The molecule has 2 saturated heterocycles. The third kappa shape index (κ3) is 6.93. The highest BCUT2D eigenvalue weighted by atomic mass is 35.5. The Bertz CT molecular complexity index is 548. The number of carbonyl (C=O) groups excluding carboxylic acids is 1. The summed E-state index contributed by atoms with van der Waals surface area (Å²) in [6.07, 6.45) is 0.632. The van der Waals surface area contributed by atoms with Crippen LogP contribution in [0.1, 0.15) is 12.0 Å². The van der Waals surface area contributed by atoms with E-state index in [0.29, 0.717) is 18.1 Å². The number of rotatable bonds is 5. The lowest BCUT2D eigenvalue weighted by atomic mass is 10.2. The maximum Gasteiger partial charge on any atom is 0.223 e. The molecule has 0 unspecified atom stereocenters. The van der Waals surface area contributed by atoms with E-state index < -0.39 is 0 Å². The highest BCUT2D eigenvalue weighted by Gasteiger charge is 2.20. The lowest BCUT2D eigenvalue weighted by Gasteiger charge is -2.35. The van der Waals surface area contributed by atoms with Crippen molar-refractivity contribution in [3.63, 3.8) is 0 Å². The molecule has 0 atom stereocenters. The molecule has 6 nitrogen and oxygen atoms in total. The standard InChI is InChI=1S/C18H28N4O2.2ClH/c23-17-3-1-2-16(14-17)15-21-12-10-20(11-13-21)7-4-18(24)22-8-5-19-6-9-22;;/h1-3,14,19,23H,4-13,15H2;2*1H. The van der Waals surface area contributed by atoms with Crippen LogP contribution in [0.4, 0.5) is 0 Å². The predicted molar refractivity (Wildman–Crippen MR) is 108 cm³/mol. The van der Waals surface area contributed by atoms with Gasteiger partial charge in [-0.25, -0.2) is 0 Å². The molecule has 2 aliphatic rings. The summed E-state index contributed by atoms with van der Waals surface area (Å²) in [5, 5.41) is 12.8. The highest BCUT2D eigenvalue weighted by molar-refractivity contribution is 5.85. The van der Waals surface area contributed by atoms with Crippen molar-refractivity contribution >= 4 is 30.7 Å². The van der Waals surface area contributed by atoms with Gasteiger partial charge < -0.3 is 20.2 Å². The van der Waals surface area contributed by atoms with Gasteiger partial charge in [-0.2, -0.15) is 0 Å². The molecule has 2 aliphatic heterocycles. The molecule has 0 radical (unpaired) electrons. The summed E-state index contributed by atoms with van der Waals surface area (Å²) >= 11 is 0. The summed E-state index contributed by atoms with van der Waals surface area (Å²) < 4.78 is 0. The van der Waals surface area contributed by atoms with Crippen molar-refractivity contribution in [1.29, 1.82) is 0 Å². The number of piperazine rings is 2. The van der Waals surface area contributed by atoms with E-state index in [2.05, 4.69) is 21.2 Å². The van der Waals surface area contributed by atoms with Gasteiger partial charge in [-0.3, -0.25) is 9.69 Å². The first-order chi connectivity index (χ1) is 11.7. The van der Waals surface area contributed by atoms with Gasteiger partial charge in [0, 0.05) is 71.9 Å². The summed E-state index contributed by atoms with van der Waals surface area (Å²) in [4.78, 5) is 19.0. The number of halogens is 2. The summed E-state index contributed by atoms with van der Waals surface area (Å²) in [5.74, 6) is 0.622. The van der Waals surface area contributed by atoms with Gasteiger partial charge in [-0.1, -0.05) is 12.1 Å². The zero-order valence-corrected chi connectivity index (χ0v) is 16.7. The monoisotopic (exact) mass is 404 g/mol. The fourth-order valence-corrected chi connectivity index (χ4v) is 3.41. The molecule has 0 aliphatic carbocycles. The molecule has 0 bridgehead atoms. The smallest absolute Gasteiger partial charge is 0.223 e. The average molecular weight is 405 g/mol. The number of aromatic hydroxyl groups is 1. The largest absolute Gasteiger partial charge is 0.508 e. The minimum atomic E-state index is 0. The molecular formula is C18H30Cl2N4O2. The Hall–Kier alpha value is -1.05. The molecule has 2 fully saturated rings. The van der Waals surface area contributed by atoms with Crippen LogP contribution < -0.4 is 5.32 Å². The van der Waals surface area contributed by atoms with Crippen molar-refractivity contribution in [3.05, 3.63) is 29.8 Å². The second-order valence-electron chi connectivity index (χ2n) is 6.67. The van der Waals surface area contributed by atoms with Crippen molar-refractivity contribution in [2.45, 2.75) is 13.0 Å². The zero-order chi connectivity index (χ0) is 16.8. The number of hydrogen-bond donors (Lipinski definition) is 2. The molecule has 148 valence electrons. The average Bonchev–Trinajstić information content (AvgIpc) is 2.62. The van der Waals surface area contributed by atoms with Crippen LogP contribution >= 0.6 is 24.8 Å². The van der Waals surface area contributed by atoms with Gasteiger partial charge in [0.2, 0.25) is 5.91 Å². The van der Waals surface area contributed by atoms with Crippen molar-refractivity contribution < 1.29 is 9.90 Å². The molecule has 0 spiro atoms. The maximum absolute atomic E-state index is 12.2. The van der Waals surface area contributed by atoms with Gasteiger partial charge >= 0.3 is 0 Å². The van der Waals surface area contributed by atoms with Crippen LogP contribution in [0.3, 0.4) is 0 Å². The van der Waals surface area contributed by atoms with Gasteiger partial charge in [-0.05, 0) is 17.7 Å². The van der Waals surface area contributed by atoms with Crippen molar-refractivity contribution in [2.24, 2.45) is 0 Å². The molecule has 1 amide bonds. The minimum Gasteiger partial charge on any atom is -0.508 e. The Morgan fingerprint density at radius 3 is 2.31 bits per heavy atom. The van der Waals surface area contributed by atoms with Crippen LogP contribution in [-0.4, -0.2) is 84.6 Å². The maximum atomic E-state index is 12.2. The predicted octanol–water partition coefficient (Wildman–Crippen LogP) is 1.18. The lowest BCUT2D eigenvalue weighted by molar-refractivity contribution is -0.132. The number of nitrogens with one attached hydrogen (secondary N) is 1. The van der Waals surface area contributed by atoms with Gasteiger partial charge in [0.25, 0.3) is 0 Å². The molecule has 8 heteroatoms. The second-order valence-corrected chi connectivity index (χ2v) is 6.67. The van der Waals surface area contributed by atoms with E-state index in [1.165, 1.54) is 0 Å². The van der Waals surface area contributed by atoms with Crippen molar-refractivity contribution in [3.8, 4) is 5.75 Å². The number of benzene rings is 1. The Balaban J connectivity index is 0.00000169. The van der Waals surface area contributed by atoms with E-state index >= 15 is 0 Å². The quantitative estimate of drug-likeness (QED) is 0.771. The van der Waals surface area contributed by atoms with Crippen LogP contribution in [0, 0.1) is 0 Å². The molecule has 0 aromatic heterocycles. The molecule has 26 heavy (non-hydrogen) atoms. The van der Waals surface area contributed by atoms with E-state index in [1.807, 2.05) is 17.0 Å². The second kappa shape index (κ2) is 11.6. The van der Waals surface area contributed by atoms with E-state index in [-0.39, 0.29) is 24.8 Å². The van der Waals surface area contributed by atoms with Crippen molar-refractivity contribution in [2.75, 3.05) is 58.9 Å². The fourth-order valence-electron chi connectivity index (χ4n) is 3.41. The molecule has 2 N–H and O–H groups in total. The van der Waals surface area contributed by atoms with Crippen LogP contribution in [0.2, 0.25) is 0 Å². The molecule has 3 rings (SSSR count). The first-order valence-corrected chi connectivity index (χ1v) is 8.92. The van der Waals surface area contributed by atoms with Gasteiger partial charge in [0.05, 0.1) is 0 Å². The number of phenolic OH excluding ortho intramolecular Hbond substituents is 1. The number of phenols is 1. The number of hydrogen-bond acceptors (Lipinski definition) is 5. The minimum absolute atomic E-state index is 0. The topological polar surface area (TPSA) is 59.1 Å². The number of nitrogens with zero attached hydrogens (tertiary/aromatic N) is 3. The molecule has 0 saturated carbocycles. The third-order valence-electron chi connectivity index (χ3n) is 4.89. The van der Waals surface area contributed by atoms with E-state index in [4.69, 9.17) is 0 Å². The normalized spacial score (nSPS) is 18.7. The van der Waals surface area contributed by atoms with Crippen LogP contribution in [0.5, 0.6) is 5.75 Å². The number of carbonyl (C=O) groups is 1. The Kier molecular flexibility index (Phi) is 10.3. The van der Waals surface area contributed by atoms with Crippen molar-refractivity contribution in [1.82, 2.24) is 20.0 Å². The van der Waals surface area contributed by atoms with Gasteiger partial charge in [0.15, 0.2) is 0 Å². The summed E-state index contributed by atoms with van der Waals surface area (Å²) in [6.45, 7) is 9.30. The summed E-state index contributed by atoms with van der Waals surface area (Å²) in [5.41, 5.74) is 1.15. The molecule has 1 aromatic carbocycles. The molecular weight excluding hydrogens is 375 g/mol. The zero-order valence-electron chi connectivity index (χ0n) is 15.1. The molecule has 2 heterocycles. The lowest BCUT2D eigenvalue weighted by Crippen LogP contribution is -2.49. The van der Waals surface area contributed by atoms with E-state index in [1.54, 1.807) is 6.07 Å². The van der Waals surface area contributed by atoms with Crippen LogP contribution in [0.15, 0.2) is 24.3 Å². The third-order valence-corrected chi connectivity index (χ3v) is 4.89. The first kappa shape index (κ1) is 23.0.